The van der Waals surface area contributed by atoms with E-state index in [1.807, 2.05) is 41.4 Å². The maximum atomic E-state index is 12.5. The summed E-state index contributed by atoms with van der Waals surface area (Å²) < 4.78 is 0. The number of benzene rings is 1. The van der Waals surface area contributed by atoms with Crippen LogP contribution < -0.4 is 0 Å². The van der Waals surface area contributed by atoms with Crippen LogP contribution in [-0.2, 0) is 11.2 Å². The van der Waals surface area contributed by atoms with Gasteiger partial charge in [0.05, 0.1) is 6.42 Å². The largest absolute Gasteiger partial charge is 0.342 e. The lowest BCUT2D eigenvalue weighted by atomic mass is 9.98. The standard InChI is InChI=1S/C18H20N2O/c21-18(20-11-4-1-5-12-20)13-15-7-2-3-9-17(15)16-8-6-10-19-14-16/h2-3,6-10,14H,1,4-5,11-13H2. The molecule has 3 rings (SSSR count). The Balaban J connectivity index is 1.81. The predicted molar refractivity (Wildman–Crippen MR) is 83.8 cm³/mol. The zero-order valence-electron chi connectivity index (χ0n) is 12.2. The van der Waals surface area contributed by atoms with Crippen LogP contribution in [0.15, 0.2) is 48.8 Å². The maximum absolute atomic E-state index is 12.5. The van der Waals surface area contributed by atoms with Crippen molar-refractivity contribution in [2.45, 2.75) is 25.7 Å². The Kier molecular flexibility index (Phi) is 4.29. The summed E-state index contributed by atoms with van der Waals surface area (Å²) in [5, 5.41) is 0. The Bertz CT molecular complexity index is 604. The van der Waals surface area contributed by atoms with E-state index in [1.54, 1.807) is 6.20 Å². The molecule has 0 radical (unpaired) electrons. The third kappa shape index (κ3) is 3.30. The number of carbonyl (C=O) groups is 1. The van der Waals surface area contributed by atoms with Crippen molar-refractivity contribution < 1.29 is 4.79 Å². The molecule has 0 unspecified atom stereocenters. The van der Waals surface area contributed by atoms with Crippen LogP contribution in [-0.4, -0.2) is 28.9 Å². The lowest BCUT2D eigenvalue weighted by molar-refractivity contribution is -0.131. The molecule has 3 heteroatoms. The monoisotopic (exact) mass is 280 g/mol. The van der Waals surface area contributed by atoms with Crippen molar-refractivity contribution in [2.75, 3.05) is 13.1 Å². The van der Waals surface area contributed by atoms with Crippen LogP contribution in [0.3, 0.4) is 0 Å². The van der Waals surface area contributed by atoms with Crippen LogP contribution in [0.1, 0.15) is 24.8 Å². The van der Waals surface area contributed by atoms with E-state index in [4.69, 9.17) is 0 Å². The molecule has 2 aromatic rings. The molecule has 21 heavy (non-hydrogen) atoms. The van der Waals surface area contributed by atoms with Crippen LogP contribution >= 0.6 is 0 Å². The van der Waals surface area contributed by atoms with Gasteiger partial charge in [0, 0.05) is 31.0 Å². The molecule has 0 saturated carbocycles. The van der Waals surface area contributed by atoms with Gasteiger partial charge in [-0.15, -0.1) is 0 Å². The van der Waals surface area contributed by atoms with Gasteiger partial charge in [0.15, 0.2) is 0 Å². The number of pyridine rings is 1. The van der Waals surface area contributed by atoms with Gasteiger partial charge < -0.3 is 4.90 Å². The molecule has 0 spiro atoms. The molecule has 1 fully saturated rings. The fourth-order valence-electron chi connectivity index (χ4n) is 2.90. The van der Waals surface area contributed by atoms with Gasteiger partial charge in [-0.1, -0.05) is 30.3 Å². The molecule has 0 bridgehead atoms. The molecule has 0 atom stereocenters. The zero-order valence-corrected chi connectivity index (χ0v) is 12.2. The van der Waals surface area contributed by atoms with Crippen molar-refractivity contribution >= 4 is 5.91 Å². The number of piperidine rings is 1. The molecular weight excluding hydrogens is 260 g/mol. The number of hydrogen-bond acceptors (Lipinski definition) is 2. The Morgan fingerprint density at radius 3 is 2.62 bits per heavy atom. The van der Waals surface area contributed by atoms with Gasteiger partial charge in [-0.25, -0.2) is 0 Å². The van der Waals surface area contributed by atoms with E-state index in [9.17, 15) is 4.79 Å². The Labute approximate surface area is 125 Å². The smallest absolute Gasteiger partial charge is 0.227 e. The van der Waals surface area contributed by atoms with Gasteiger partial charge in [-0.05, 0) is 36.5 Å². The first-order chi connectivity index (χ1) is 10.3. The second-order valence-electron chi connectivity index (χ2n) is 5.52. The number of hydrogen-bond donors (Lipinski definition) is 0. The molecular formula is C18H20N2O. The Hall–Kier alpha value is -2.16. The van der Waals surface area contributed by atoms with E-state index in [1.165, 1.54) is 6.42 Å². The topological polar surface area (TPSA) is 33.2 Å². The zero-order chi connectivity index (χ0) is 14.5. The van der Waals surface area contributed by atoms with Gasteiger partial charge in [0.25, 0.3) is 0 Å². The molecule has 108 valence electrons. The summed E-state index contributed by atoms with van der Waals surface area (Å²) in [6.45, 7) is 1.82. The van der Waals surface area contributed by atoms with E-state index in [2.05, 4.69) is 11.1 Å². The number of amides is 1. The number of carbonyl (C=O) groups excluding carboxylic acids is 1. The fraction of sp³-hybridized carbons (Fsp3) is 0.333. The van der Waals surface area contributed by atoms with E-state index in [-0.39, 0.29) is 5.91 Å². The lowest BCUT2D eigenvalue weighted by Crippen LogP contribution is -2.36. The number of nitrogens with zero attached hydrogens (tertiary/aromatic N) is 2. The van der Waals surface area contributed by atoms with Crippen LogP contribution in [0.2, 0.25) is 0 Å². The first-order valence-corrected chi connectivity index (χ1v) is 7.61. The minimum Gasteiger partial charge on any atom is -0.342 e. The van der Waals surface area contributed by atoms with Gasteiger partial charge in [-0.2, -0.15) is 0 Å². The summed E-state index contributed by atoms with van der Waals surface area (Å²) in [5.41, 5.74) is 3.26. The average molecular weight is 280 g/mol. The van der Waals surface area contributed by atoms with Gasteiger partial charge >= 0.3 is 0 Å². The fourth-order valence-corrected chi connectivity index (χ4v) is 2.90. The molecule has 1 saturated heterocycles. The predicted octanol–water partition coefficient (Wildman–Crippen LogP) is 3.30. The number of aromatic nitrogens is 1. The minimum absolute atomic E-state index is 0.242. The van der Waals surface area contributed by atoms with Crippen molar-refractivity contribution in [2.24, 2.45) is 0 Å². The highest BCUT2D eigenvalue weighted by Crippen LogP contribution is 2.24. The van der Waals surface area contributed by atoms with Crippen molar-refractivity contribution in [3.05, 3.63) is 54.4 Å². The summed E-state index contributed by atoms with van der Waals surface area (Å²) in [7, 11) is 0. The quantitative estimate of drug-likeness (QED) is 0.864. The molecule has 1 amide bonds. The summed E-state index contributed by atoms with van der Waals surface area (Å²) in [5.74, 6) is 0.242. The van der Waals surface area contributed by atoms with Gasteiger partial charge in [0.2, 0.25) is 5.91 Å². The molecule has 1 aliphatic heterocycles. The summed E-state index contributed by atoms with van der Waals surface area (Å²) in [6.07, 6.45) is 7.61. The van der Waals surface area contributed by atoms with Crippen molar-refractivity contribution in [3.63, 3.8) is 0 Å². The van der Waals surface area contributed by atoms with Crippen molar-refractivity contribution in [1.29, 1.82) is 0 Å². The molecule has 1 aromatic heterocycles. The van der Waals surface area contributed by atoms with Crippen LogP contribution in [0.4, 0.5) is 0 Å². The third-order valence-corrected chi connectivity index (χ3v) is 4.04. The molecule has 0 aliphatic carbocycles. The number of likely N-dealkylation sites (tertiary alicyclic amines) is 1. The van der Waals surface area contributed by atoms with Crippen molar-refractivity contribution in [3.8, 4) is 11.1 Å². The van der Waals surface area contributed by atoms with Crippen LogP contribution in [0.5, 0.6) is 0 Å². The maximum Gasteiger partial charge on any atom is 0.227 e. The van der Waals surface area contributed by atoms with Crippen LogP contribution in [0.25, 0.3) is 11.1 Å². The van der Waals surface area contributed by atoms with E-state index >= 15 is 0 Å². The minimum atomic E-state index is 0.242. The highest BCUT2D eigenvalue weighted by molar-refractivity contribution is 5.82. The molecule has 0 N–H and O–H groups in total. The third-order valence-electron chi connectivity index (χ3n) is 4.04. The Morgan fingerprint density at radius 1 is 1.05 bits per heavy atom. The van der Waals surface area contributed by atoms with Crippen LogP contribution in [0, 0.1) is 0 Å². The SMILES string of the molecule is O=C(Cc1ccccc1-c1cccnc1)N1CCCCC1. The normalized spacial score (nSPS) is 15.0. The van der Waals surface area contributed by atoms with Gasteiger partial charge in [0.1, 0.15) is 0 Å². The average Bonchev–Trinajstić information content (AvgIpc) is 2.57. The van der Waals surface area contributed by atoms with E-state index in [0.717, 1.165) is 42.6 Å². The molecule has 3 nitrogen and oxygen atoms in total. The highest BCUT2D eigenvalue weighted by atomic mass is 16.2. The second-order valence-corrected chi connectivity index (χ2v) is 5.52. The summed E-state index contributed by atoms with van der Waals surface area (Å²) >= 11 is 0. The molecule has 1 aliphatic rings. The summed E-state index contributed by atoms with van der Waals surface area (Å²) in [6, 6.07) is 12.1. The van der Waals surface area contributed by atoms with Crippen molar-refractivity contribution in [1.82, 2.24) is 9.88 Å². The van der Waals surface area contributed by atoms with Gasteiger partial charge in [-0.3, -0.25) is 9.78 Å². The molecule has 1 aromatic carbocycles. The van der Waals surface area contributed by atoms with E-state index < -0.39 is 0 Å². The molecule has 2 heterocycles. The first-order valence-electron chi connectivity index (χ1n) is 7.61. The van der Waals surface area contributed by atoms with E-state index in [0.29, 0.717) is 6.42 Å². The summed E-state index contributed by atoms with van der Waals surface area (Å²) in [4.78, 5) is 18.6. The number of rotatable bonds is 3. The highest BCUT2D eigenvalue weighted by Gasteiger charge is 2.18. The second kappa shape index (κ2) is 6.53. The first kappa shape index (κ1) is 13.8. The lowest BCUT2D eigenvalue weighted by Gasteiger charge is -2.27. The Morgan fingerprint density at radius 2 is 1.86 bits per heavy atom.